The zero-order valence-electron chi connectivity index (χ0n) is 15.2. The molecule has 2 aromatic heterocycles. The minimum atomic E-state index is -0.855. The van der Waals surface area contributed by atoms with E-state index in [2.05, 4.69) is 31.0 Å². The zero-order chi connectivity index (χ0) is 18.8. The number of carbonyl (C=O) groups is 1. The number of carboxylic acids is 1. The van der Waals surface area contributed by atoms with Crippen molar-refractivity contribution in [3.05, 3.63) is 51.4 Å². The number of carboxylic acid groups (broad SMARTS) is 1. The van der Waals surface area contributed by atoms with Crippen LogP contribution in [0, 0.1) is 6.92 Å². The Morgan fingerprint density at radius 2 is 1.96 bits per heavy atom. The van der Waals surface area contributed by atoms with Crippen LogP contribution in [0.15, 0.2) is 34.4 Å². The van der Waals surface area contributed by atoms with E-state index in [0.717, 1.165) is 16.0 Å². The number of fused-ring (bicyclic) bond motifs is 1. The number of hydrogen-bond acceptors (Lipinski definition) is 4. The number of rotatable bonds is 6. The second kappa shape index (κ2) is 7.41. The molecular formula is C20H22N2O3S. The monoisotopic (exact) mass is 370 g/mol. The van der Waals surface area contributed by atoms with Crippen molar-refractivity contribution in [3.63, 3.8) is 0 Å². The Balaban J connectivity index is 2.05. The molecule has 0 unspecified atom stereocenters. The summed E-state index contributed by atoms with van der Waals surface area (Å²) in [6.45, 7) is 6.45. The summed E-state index contributed by atoms with van der Waals surface area (Å²) < 4.78 is 1.59. The Hall–Kier alpha value is -2.47. The molecule has 5 nitrogen and oxygen atoms in total. The molecular weight excluding hydrogens is 348 g/mol. The van der Waals surface area contributed by atoms with Gasteiger partial charge >= 0.3 is 5.97 Å². The molecule has 0 aliphatic carbocycles. The summed E-state index contributed by atoms with van der Waals surface area (Å²) in [6.07, 6.45) is 0.447. The average Bonchev–Trinajstić information content (AvgIpc) is 3.01. The highest BCUT2D eigenvalue weighted by Crippen LogP contribution is 2.31. The summed E-state index contributed by atoms with van der Waals surface area (Å²) in [5, 5.41) is 11.4. The fourth-order valence-corrected chi connectivity index (χ4v) is 4.02. The second-order valence-corrected chi connectivity index (χ2v) is 7.58. The molecule has 2 heterocycles. The van der Waals surface area contributed by atoms with Crippen molar-refractivity contribution >= 4 is 27.5 Å². The predicted octanol–water partition coefficient (Wildman–Crippen LogP) is 4.42. The fourth-order valence-electron chi connectivity index (χ4n) is 3.04. The maximum Gasteiger partial charge on any atom is 0.303 e. The van der Waals surface area contributed by atoms with E-state index in [0.29, 0.717) is 30.1 Å². The molecule has 3 aromatic rings. The van der Waals surface area contributed by atoms with Gasteiger partial charge in [0.25, 0.3) is 5.56 Å². The van der Waals surface area contributed by atoms with E-state index in [1.54, 1.807) is 11.5 Å². The average molecular weight is 370 g/mol. The van der Waals surface area contributed by atoms with Gasteiger partial charge in [-0.2, -0.15) is 0 Å². The number of aryl methyl sites for hydroxylation is 1. The lowest BCUT2D eigenvalue weighted by Gasteiger charge is -2.10. The topological polar surface area (TPSA) is 72.2 Å². The number of aromatic nitrogens is 2. The number of aliphatic carboxylic acids is 1. The normalized spacial score (nSPS) is 11.4. The van der Waals surface area contributed by atoms with E-state index in [9.17, 15) is 9.59 Å². The predicted molar refractivity (Wildman–Crippen MR) is 105 cm³/mol. The molecule has 0 aliphatic heterocycles. The van der Waals surface area contributed by atoms with Crippen molar-refractivity contribution < 1.29 is 9.90 Å². The van der Waals surface area contributed by atoms with Crippen molar-refractivity contribution in [3.8, 4) is 11.1 Å². The fraction of sp³-hybridized carbons (Fsp3) is 0.350. The van der Waals surface area contributed by atoms with E-state index in [4.69, 9.17) is 5.11 Å². The van der Waals surface area contributed by atoms with Crippen LogP contribution in [0.4, 0.5) is 0 Å². The summed E-state index contributed by atoms with van der Waals surface area (Å²) in [7, 11) is 0. The number of nitrogens with zero attached hydrogens (tertiary/aromatic N) is 2. The maximum absolute atomic E-state index is 13.0. The van der Waals surface area contributed by atoms with E-state index in [-0.39, 0.29) is 12.0 Å². The van der Waals surface area contributed by atoms with Crippen molar-refractivity contribution in [1.29, 1.82) is 0 Å². The van der Waals surface area contributed by atoms with Crippen LogP contribution in [0.3, 0.4) is 0 Å². The van der Waals surface area contributed by atoms with Gasteiger partial charge in [-0.1, -0.05) is 38.1 Å². The molecule has 0 atom stereocenters. The van der Waals surface area contributed by atoms with Crippen molar-refractivity contribution in [2.24, 2.45) is 0 Å². The highest BCUT2D eigenvalue weighted by Gasteiger charge is 2.15. The van der Waals surface area contributed by atoms with E-state index < -0.39 is 5.97 Å². The first-order valence-electron chi connectivity index (χ1n) is 8.69. The Morgan fingerprint density at radius 1 is 1.27 bits per heavy atom. The summed E-state index contributed by atoms with van der Waals surface area (Å²) in [4.78, 5) is 29.1. The van der Waals surface area contributed by atoms with Crippen LogP contribution < -0.4 is 5.56 Å². The van der Waals surface area contributed by atoms with Gasteiger partial charge in [0.2, 0.25) is 0 Å². The number of hydrogen-bond donors (Lipinski definition) is 1. The molecule has 0 fully saturated rings. The lowest BCUT2D eigenvalue weighted by molar-refractivity contribution is -0.137. The molecule has 1 aromatic carbocycles. The molecule has 0 saturated heterocycles. The third-order valence-corrected chi connectivity index (χ3v) is 5.42. The third-order valence-electron chi connectivity index (χ3n) is 4.55. The molecule has 0 radical (unpaired) electrons. The van der Waals surface area contributed by atoms with E-state index >= 15 is 0 Å². The van der Waals surface area contributed by atoms with Crippen LogP contribution in [0.2, 0.25) is 0 Å². The van der Waals surface area contributed by atoms with Crippen LogP contribution in [0.5, 0.6) is 0 Å². The smallest absolute Gasteiger partial charge is 0.303 e. The Kier molecular flexibility index (Phi) is 5.23. The SMILES string of the molecule is Cc1nc2scc(-c3ccc(C(C)C)cc3)c2c(=O)n1CCCC(=O)O. The van der Waals surface area contributed by atoms with Gasteiger partial charge in [0.1, 0.15) is 10.7 Å². The van der Waals surface area contributed by atoms with Crippen LogP contribution >= 0.6 is 11.3 Å². The summed E-state index contributed by atoms with van der Waals surface area (Å²) >= 11 is 1.47. The highest BCUT2D eigenvalue weighted by atomic mass is 32.1. The first-order chi connectivity index (χ1) is 12.4. The summed E-state index contributed by atoms with van der Waals surface area (Å²) in [5.41, 5.74) is 3.06. The first kappa shape index (κ1) is 18.3. The highest BCUT2D eigenvalue weighted by molar-refractivity contribution is 7.17. The van der Waals surface area contributed by atoms with E-state index in [1.165, 1.54) is 16.9 Å². The van der Waals surface area contributed by atoms with Gasteiger partial charge in [0.15, 0.2) is 0 Å². The van der Waals surface area contributed by atoms with Crippen molar-refractivity contribution in [2.45, 2.75) is 46.1 Å². The van der Waals surface area contributed by atoms with Gasteiger partial charge < -0.3 is 5.11 Å². The maximum atomic E-state index is 13.0. The Morgan fingerprint density at radius 3 is 2.58 bits per heavy atom. The van der Waals surface area contributed by atoms with Crippen molar-refractivity contribution in [1.82, 2.24) is 9.55 Å². The quantitative estimate of drug-likeness (QED) is 0.697. The minimum Gasteiger partial charge on any atom is -0.481 e. The van der Waals surface area contributed by atoms with Gasteiger partial charge in [-0.15, -0.1) is 11.3 Å². The summed E-state index contributed by atoms with van der Waals surface area (Å²) in [6, 6.07) is 8.28. The molecule has 136 valence electrons. The Bertz CT molecular complexity index is 1000. The minimum absolute atomic E-state index is 0.0388. The lowest BCUT2D eigenvalue weighted by atomic mass is 9.99. The molecule has 0 spiro atoms. The molecule has 6 heteroatoms. The number of thiophene rings is 1. The lowest BCUT2D eigenvalue weighted by Crippen LogP contribution is -2.24. The molecule has 0 bridgehead atoms. The third kappa shape index (κ3) is 3.55. The van der Waals surface area contributed by atoms with Gasteiger partial charge in [-0.3, -0.25) is 14.2 Å². The first-order valence-corrected chi connectivity index (χ1v) is 9.57. The molecule has 0 amide bonds. The van der Waals surface area contributed by atoms with Crippen LogP contribution in [-0.2, 0) is 11.3 Å². The molecule has 0 aliphatic rings. The molecule has 26 heavy (non-hydrogen) atoms. The molecule has 1 N–H and O–H groups in total. The Labute approximate surface area is 155 Å². The van der Waals surface area contributed by atoms with Crippen LogP contribution in [0.25, 0.3) is 21.3 Å². The largest absolute Gasteiger partial charge is 0.481 e. The number of benzene rings is 1. The van der Waals surface area contributed by atoms with Gasteiger partial charge in [0.05, 0.1) is 5.39 Å². The van der Waals surface area contributed by atoms with Gasteiger partial charge in [-0.05, 0) is 30.4 Å². The summed E-state index contributed by atoms with van der Waals surface area (Å²) in [5.74, 6) is 0.224. The van der Waals surface area contributed by atoms with Crippen molar-refractivity contribution in [2.75, 3.05) is 0 Å². The second-order valence-electron chi connectivity index (χ2n) is 6.72. The zero-order valence-corrected chi connectivity index (χ0v) is 16.0. The van der Waals surface area contributed by atoms with Gasteiger partial charge in [-0.25, -0.2) is 4.98 Å². The van der Waals surface area contributed by atoms with E-state index in [1.807, 2.05) is 17.5 Å². The van der Waals surface area contributed by atoms with Crippen LogP contribution in [0.1, 0.15) is 44.0 Å². The standard InChI is InChI=1S/C20H22N2O3S/c1-12(2)14-6-8-15(9-7-14)16-11-26-19-18(16)20(25)22(13(3)21-19)10-4-5-17(23)24/h6-9,11-12H,4-5,10H2,1-3H3,(H,23,24). The van der Waals surface area contributed by atoms with Gasteiger partial charge in [0, 0.05) is 23.9 Å². The molecule has 0 saturated carbocycles. The molecule has 3 rings (SSSR count). The van der Waals surface area contributed by atoms with Crippen LogP contribution in [-0.4, -0.2) is 20.6 Å².